The number of carbonyl (C=O) groups is 5. The van der Waals surface area contributed by atoms with Crippen molar-refractivity contribution in [1.82, 2.24) is 15.5 Å². The molecule has 5 N–H and O–H groups in total. The monoisotopic (exact) mass is 805 g/mol. The molecule has 3 heterocycles. The average molecular weight is 806 g/mol. The second-order valence-corrected chi connectivity index (χ2v) is 15.5. The van der Waals surface area contributed by atoms with E-state index < -0.39 is 77.5 Å². The van der Waals surface area contributed by atoms with Crippen LogP contribution in [0.25, 0.3) is 0 Å². The Morgan fingerprint density at radius 2 is 1.86 bits per heavy atom. The molecule has 3 aliphatic rings. The number of likely N-dealkylation sites (N-methyl/N-ethyl adjacent to an activating group) is 1. The number of hydrogen-bond acceptors (Lipinski definition) is 12. The molecule has 314 valence electrons. The molecule has 0 aromatic heterocycles. The van der Waals surface area contributed by atoms with Crippen molar-refractivity contribution in [2.24, 2.45) is 5.92 Å². The second kappa shape index (κ2) is 17.2. The Kier molecular flexibility index (Phi) is 12.9. The summed E-state index contributed by atoms with van der Waals surface area (Å²) in [5.41, 5.74) is 6.36. The molecule has 16 heteroatoms. The van der Waals surface area contributed by atoms with Gasteiger partial charge in [0.2, 0.25) is 5.91 Å². The van der Waals surface area contributed by atoms with Crippen LogP contribution in [0.3, 0.4) is 0 Å². The standard InChI is InChI=1S/C42H55N5O11/c1-22-12-11-13-33(55-10)42(53)21-32(56-40(52)45-42)24(3)36-41(5,58-36)34(20-35(48)47(8)30-17-26(16-22)18-31(54-9)23(30)2)57-39(51)25(4)46(7)38(50)27-14-15-29(43)28(19-27)37(49)44-6/h11-15,17-19,24-25,32-34,36,53H,16,20-21,43H2,1-10H3,(H,44,49)(H,45,52)/b13-11+,22-12+/t24-,25+,32+,33-,34+,36+,41+,42+/m1/s1. The van der Waals surface area contributed by atoms with Crippen LogP contribution >= 0.6 is 0 Å². The summed E-state index contributed by atoms with van der Waals surface area (Å²) in [6.45, 7) is 8.76. The number of nitrogens with two attached hydrogens (primary N) is 1. The maximum absolute atomic E-state index is 14.3. The van der Waals surface area contributed by atoms with Crippen molar-refractivity contribution < 1.29 is 52.8 Å². The number of anilines is 2. The van der Waals surface area contributed by atoms with Gasteiger partial charge in [0.1, 0.15) is 35.7 Å². The summed E-state index contributed by atoms with van der Waals surface area (Å²) in [5.74, 6) is -2.27. The number of alkyl carbamates (subject to hydrolysis) is 1. The van der Waals surface area contributed by atoms with Crippen LogP contribution in [0.1, 0.15) is 72.4 Å². The number of nitrogen functional groups attached to an aromatic ring is 1. The minimum atomic E-state index is -1.85. The third kappa shape index (κ3) is 8.83. The van der Waals surface area contributed by atoms with Gasteiger partial charge in [-0.05, 0) is 70.0 Å². The highest BCUT2D eigenvalue weighted by molar-refractivity contribution is 6.03. The largest absolute Gasteiger partial charge is 0.496 e. The van der Waals surface area contributed by atoms with Crippen LogP contribution in [0.15, 0.2) is 54.1 Å². The first kappa shape index (κ1) is 43.7. The van der Waals surface area contributed by atoms with Gasteiger partial charge in [-0.2, -0.15) is 0 Å². The van der Waals surface area contributed by atoms with E-state index in [0.717, 1.165) is 16.7 Å². The number of allylic oxidation sites excluding steroid dienone is 3. The number of ether oxygens (including phenoxy) is 5. The molecular formula is C42H55N5O11. The summed E-state index contributed by atoms with van der Waals surface area (Å²) in [4.78, 5) is 69.9. The number of fused-ring (bicyclic) bond motifs is 5. The van der Waals surface area contributed by atoms with Crippen molar-refractivity contribution in [1.29, 1.82) is 0 Å². The summed E-state index contributed by atoms with van der Waals surface area (Å²) in [7, 11) is 7.47. The Hall–Kier alpha value is -5.45. The predicted octanol–water partition coefficient (Wildman–Crippen LogP) is 3.43. The van der Waals surface area contributed by atoms with Gasteiger partial charge in [0.25, 0.3) is 11.8 Å². The van der Waals surface area contributed by atoms with E-state index in [1.54, 1.807) is 40.2 Å². The molecule has 58 heavy (non-hydrogen) atoms. The lowest BCUT2D eigenvalue weighted by Crippen LogP contribution is -2.63. The first-order valence-electron chi connectivity index (χ1n) is 19.1. The number of benzene rings is 2. The van der Waals surface area contributed by atoms with Crippen molar-refractivity contribution in [3.05, 3.63) is 76.4 Å². The number of hydrogen-bond donors (Lipinski definition) is 4. The molecular weight excluding hydrogens is 750 g/mol. The van der Waals surface area contributed by atoms with E-state index in [0.29, 0.717) is 17.9 Å². The first-order chi connectivity index (χ1) is 27.3. The molecule has 16 nitrogen and oxygen atoms in total. The van der Waals surface area contributed by atoms with Crippen molar-refractivity contribution in [2.45, 2.75) is 95.7 Å². The number of epoxide rings is 1. The normalized spacial score (nSPS) is 29.3. The molecule has 2 saturated heterocycles. The van der Waals surface area contributed by atoms with Crippen LogP contribution in [0.4, 0.5) is 16.2 Å². The highest BCUT2D eigenvalue weighted by atomic mass is 16.7. The fourth-order valence-corrected chi connectivity index (χ4v) is 7.66. The zero-order chi connectivity index (χ0) is 42.9. The number of amides is 4. The average Bonchev–Trinajstić information content (AvgIpc) is 3.89. The Morgan fingerprint density at radius 3 is 2.52 bits per heavy atom. The molecule has 0 saturated carbocycles. The van der Waals surface area contributed by atoms with Gasteiger partial charge in [-0.1, -0.05) is 30.7 Å². The molecule has 3 aliphatic heterocycles. The molecule has 5 rings (SSSR count). The van der Waals surface area contributed by atoms with Crippen LogP contribution in [-0.2, 0) is 35.0 Å². The Balaban J connectivity index is 1.51. The summed E-state index contributed by atoms with van der Waals surface area (Å²) < 4.78 is 29.5. The van der Waals surface area contributed by atoms with Gasteiger partial charge in [-0.3, -0.25) is 19.7 Å². The molecule has 4 amide bonds. The third-order valence-corrected chi connectivity index (χ3v) is 11.5. The number of methoxy groups -OCH3 is 2. The van der Waals surface area contributed by atoms with Crippen LogP contribution in [0, 0.1) is 12.8 Å². The number of carbonyl (C=O) groups excluding carboxylic acids is 5. The van der Waals surface area contributed by atoms with Gasteiger partial charge in [-0.15, -0.1) is 0 Å². The fraction of sp³-hybridized carbons (Fsp3) is 0.500. The van der Waals surface area contributed by atoms with Gasteiger partial charge in [0.15, 0.2) is 5.72 Å². The highest BCUT2D eigenvalue weighted by Crippen LogP contribution is 2.49. The van der Waals surface area contributed by atoms with Crippen molar-refractivity contribution in [2.75, 3.05) is 46.0 Å². The molecule has 0 spiro atoms. The lowest BCUT2D eigenvalue weighted by atomic mass is 9.83. The van der Waals surface area contributed by atoms with E-state index in [4.69, 9.17) is 29.4 Å². The lowest BCUT2D eigenvalue weighted by molar-refractivity contribution is -0.158. The van der Waals surface area contributed by atoms with Gasteiger partial charge in [-0.25, -0.2) is 9.59 Å². The number of nitrogens with zero attached hydrogens (tertiary/aromatic N) is 2. The highest BCUT2D eigenvalue weighted by Gasteiger charge is 2.64. The quantitative estimate of drug-likeness (QED) is 0.180. The predicted molar refractivity (Wildman–Crippen MR) is 214 cm³/mol. The summed E-state index contributed by atoms with van der Waals surface area (Å²) >= 11 is 0. The Morgan fingerprint density at radius 1 is 1.16 bits per heavy atom. The molecule has 2 aromatic rings. The van der Waals surface area contributed by atoms with Crippen LogP contribution in [0.2, 0.25) is 0 Å². The minimum absolute atomic E-state index is 0.0743. The topological polar surface area (TPSA) is 212 Å². The van der Waals surface area contributed by atoms with Crippen molar-refractivity contribution in [3.8, 4) is 5.75 Å². The number of nitrogens with one attached hydrogen (secondary N) is 2. The summed E-state index contributed by atoms with van der Waals surface area (Å²) in [5, 5.41) is 16.8. The van der Waals surface area contributed by atoms with E-state index in [1.165, 1.54) is 56.1 Å². The third-order valence-electron chi connectivity index (χ3n) is 11.5. The fourth-order valence-electron chi connectivity index (χ4n) is 7.66. The number of rotatable bonds is 7. The maximum atomic E-state index is 14.3. The molecule has 2 aromatic carbocycles. The smallest absolute Gasteiger partial charge is 0.409 e. The molecule has 0 aliphatic carbocycles. The molecule has 4 bridgehead atoms. The Labute approximate surface area is 338 Å². The van der Waals surface area contributed by atoms with E-state index in [1.807, 2.05) is 32.1 Å². The van der Waals surface area contributed by atoms with Gasteiger partial charge < -0.3 is 49.6 Å². The van der Waals surface area contributed by atoms with Crippen molar-refractivity contribution >= 4 is 41.2 Å². The molecule has 0 radical (unpaired) electrons. The van der Waals surface area contributed by atoms with E-state index >= 15 is 0 Å². The summed E-state index contributed by atoms with van der Waals surface area (Å²) in [6, 6.07) is 6.88. The first-order valence-corrected chi connectivity index (χ1v) is 19.1. The molecule has 0 unspecified atom stereocenters. The van der Waals surface area contributed by atoms with E-state index in [-0.39, 0.29) is 29.7 Å². The zero-order valence-corrected chi connectivity index (χ0v) is 34.7. The maximum Gasteiger partial charge on any atom is 0.409 e. The van der Waals surface area contributed by atoms with Crippen LogP contribution in [0.5, 0.6) is 5.75 Å². The van der Waals surface area contributed by atoms with E-state index in [2.05, 4.69) is 10.6 Å². The van der Waals surface area contributed by atoms with Crippen LogP contribution in [-0.4, -0.2) is 117 Å². The number of aliphatic hydroxyl groups is 1. The summed E-state index contributed by atoms with van der Waals surface area (Å²) in [6.07, 6.45) is 0.804. The molecule has 8 atom stereocenters. The van der Waals surface area contributed by atoms with E-state index in [9.17, 15) is 29.1 Å². The Bertz CT molecular complexity index is 2020. The second-order valence-electron chi connectivity index (χ2n) is 15.5. The number of esters is 1. The van der Waals surface area contributed by atoms with Gasteiger partial charge in [0.05, 0.1) is 30.9 Å². The SMILES string of the molecule is CNC(=O)c1cc(C(=O)N(C)[C@@H](C)C(=O)O[C@H]2CC(=O)N(C)c3cc(cc(OC)c3C)C/C(C)=C/C=C/[C@@H](OC)[C@@]3(O)C[C@H](OC(=O)N3)[C@@H](C)[C@@H]3O[C@@]23C)ccc1N. The molecule has 2 fully saturated rings. The minimum Gasteiger partial charge on any atom is -0.496 e. The van der Waals surface area contributed by atoms with Gasteiger partial charge in [0, 0.05) is 57.4 Å². The van der Waals surface area contributed by atoms with Gasteiger partial charge >= 0.3 is 12.1 Å². The van der Waals surface area contributed by atoms with Crippen molar-refractivity contribution in [3.63, 3.8) is 0 Å². The zero-order valence-electron chi connectivity index (χ0n) is 34.7. The lowest BCUT2D eigenvalue weighted by Gasteiger charge is -2.42. The van der Waals surface area contributed by atoms with Crippen LogP contribution < -0.4 is 26.0 Å².